The van der Waals surface area contributed by atoms with Gasteiger partial charge in [-0.1, -0.05) is 0 Å². The van der Waals surface area contributed by atoms with E-state index in [-0.39, 0.29) is 6.61 Å². The minimum atomic E-state index is -0.529. The molecule has 3 rings (SSSR count). The monoisotopic (exact) mass is 409 g/mol. The van der Waals surface area contributed by atoms with Crippen LogP contribution in [0.4, 0.5) is 10.5 Å². The van der Waals surface area contributed by atoms with Crippen LogP contribution >= 0.6 is 0 Å². The maximum absolute atomic E-state index is 12.5. The molecule has 158 valence electrons. The Balaban J connectivity index is 1.65. The Kier molecular flexibility index (Phi) is 7.06. The zero-order valence-electron chi connectivity index (χ0n) is 17.6. The topological polar surface area (TPSA) is 84.7 Å². The summed E-state index contributed by atoms with van der Waals surface area (Å²) >= 11 is 0. The van der Waals surface area contributed by atoms with Crippen molar-refractivity contribution in [1.29, 1.82) is 0 Å². The molecule has 7 heteroatoms. The summed E-state index contributed by atoms with van der Waals surface area (Å²) in [6, 6.07) is 9.55. The molecular weight excluding hydrogens is 382 g/mol. The van der Waals surface area contributed by atoms with E-state index < -0.39 is 11.7 Å². The second-order valence-corrected chi connectivity index (χ2v) is 6.94. The number of amides is 1. The lowest BCUT2D eigenvalue weighted by Crippen LogP contribution is -2.25. The van der Waals surface area contributed by atoms with Crippen molar-refractivity contribution in [2.24, 2.45) is 0 Å². The van der Waals surface area contributed by atoms with Crippen LogP contribution in [0.5, 0.6) is 0 Å². The van der Waals surface area contributed by atoms with Crippen molar-refractivity contribution in [3.05, 3.63) is 69.8 Å². The lowest BCUT2D eigenvalue weighted by molar-refractivity contribution is 0.146. The van der Waals surface area contributed by atoms with Gasteiger partial charge in [0.25, 0.3) is 0 Å². The van der Waals surface area contributed by atoms with Gasteiger partial charge in [-0.15, -0.1) is 0 Å². The number of nitrogens with one attached hydrogen (secondary N) is 1. The second kappa shape index (κ2) is 9.91. The normalized spacial score (nSPS) is 10.8. The molecule has 0 unspecified atom stereocenters. The summed E-state index contributed by atoms with van der Waals surface area (Å²) < 4.78 is 10.8. The number of aryl methyl sites for hydroxylation is 1. The van der Waals surface area contributed by atoms with Crippen LogP contribution in [0.25, 0.3) is 11.0 Å². The van der Waals surface area contributed by atoms with Gasteiger partial charge in [0.15, 0.2) is 0 Å². The first kappa shape index (κ1) is 21.4. The van der Waals surface area contributed by atoms with Gasteiger partial charge in [0.05, 0.1) is 6.61 Å². The molecule has 2 aromatic heterocycles. The predicted octanol–water partition coefficient (Wildman–Crippen LogP) is 3.81. The number of ether oxygens (including phenoxy) is 1. The Morgan fingerprint density at radius 1 is 1.17 bits per heavy atom. The average molecular weight is 409 g/mol. The van der Waals surface area contributed by atoms with Gasteiger partial charge in [0.2, 0.25) is 0 Å². The fourth-order valence-electron chi connectivity index (χ4n) is 3.43. The summed E-state index contributed by atoms with van der Waals surface area (Å²) in [6.45, 7) is 8.28. The Labute approximate surface area is 175 Å². The third-order valence-electron chi connectivity index (χ3n) is 5.17. The van der Waals surface area contributed by atoms with Crippen LogP contribution < -0.4 is 15.8 Å². The van der Waals surface area contributed by atoms with Crippen LogP contribution in [-0.4, -0.2) is 30.8 Å². The maximum atomic E-state index is 12.5. The van der Waals surface area contributed by atoms with E-state index in [4.69, 9.17) is 9.15 Å². The van der Waals surface area contributed by atoms with Crippen LogP contribution in [-0.2, 0) is 17.7 Å². The average Bonchev–Trinajstić information content (AvgIpc) is 2.76. The number of nitrogens with zero attached hydrogens (tertiary/aromatic N) is 2. The lowest BCUT2D eigenvalue weighted by atomic mass is 10.0. The fraction of sp³-hybridized carbons (Fsp3) is 0.348. The highest BCUT2D eigenvalue weighted by molar-refractivity contribution is 5.84. The molecule has 1 aromatic carbocycles. The Morgan fingerprint density at radius 3 is 2.60 bits per heavy atom. The molecule has 1 N–H and O–H groups in total. The van der Waals surface area contributed by atoms with E-state index in [2.05, 4.69) is 29.0 Å². The highest BCUT2D eigenvalue weighted by atomic mass is 16.5. The van der Waals surface area contributed by atoms with E-state index in [0.29, 0.717) is 24.1 Å². The number of hydrogen-bond acceptors (Lipinski definition) is 6. The quantitative estimate of drug-likeness (QED) is 0.570. The molecule has 7 nitrogen and oxygen atoms in total. The van der Waals surface area contributed by atoms with E-state index >= 15 is 0 Å². The van der Waals surface area contributed by atoms with Crippen LogP contribution in [0.3, 0.4) is 0 Å². The number of fused-ring (bicyclic) bond motifs is 1. The van der Waals surface area contributed by atoms with E-state index in [1.165, 1.54) is 0 Å². The van der Waals surface area contributed by atoms with Crippen LogP contribution in [0.15, 0.2) is 51.9 Å². The molecule has 0 saturated heterocycles. The van der Waals surface area contributed by atoms with Crippen molar-refractivity contribution < 1.29 is 13.9 Å². The zero-order valence-corrected chi connectivity index (χ0v) is 17.6. The van der Waals surface area contributed by atoms with Crippen molar-refractivity contribution in [2.75, 3.05) is 24.6 Å². The number of anilines is 1. The molecule has 0 atom stereocenters. The summed E-state index contributed by atoms with van der Waals surface area (Å²) in [5, 5.41) is 3.57. The number of hydrogen-bond donors (Lipinski definition) is 1. The second-order valence-electron chi connectivity index (χ2n) is 6.94. The molecule has 2 heterocycles. The third-order valence-corrected chi connectivity index (χ3v) is 5.17. The van der Waals surface area contributed by atoms with Crippen molar-refractivity contribution in [3.63, 3.8) is 0 Å². The summed E-state index contributed by atoms with van der Waals surface area (Å²) in [5.41, 5.74) is 3.52. The van der Waals surface area contributed by atoms with E-state index in [0.717, 1.165) is 35.3 Å². The number of rotatable bonds is 8. The molecule has 0 aliphatic carbocycles. The van der Waals surface area contributed by atoms with Crippen molar-refractivity contribution in [1.82, 2.24) is 10.3 Å². The van der Waals surface area contributed by atoms with Gasteiger partial charge in [-0.05, 0) is 56.2 Å². The number of alkyl carbamates (subject to hydrolysis) is 1. The zero-order chi connectivity index (χ0) is 21.5. The summed E-state index contributed by atoms with van der Waals surface area (Å²) in [7, 11) is 0. The van der Waals surface area contributed by atoms with Gasteiger partial charge in [-0.2, -0.15) is 0 Å². The largest absolute Gasteiger partial charge is 0.449 e. The van der Waals surface area contributed by atoms with E-state index in [9.17, 15) is 9.59 Å². The summed E-state index contributed by atoms with van der Waals surface area (Å²) in [5.74, 6) is 0. The highest BCUT2D eigenvalue weighted by Gasteiger charge is 2.14. The van der Waals surface area contributed by atoms with E-state index in [1.807, 2.05) is 37.3 Å². The molecule has 3 aromatic rings. The first-order valence-corrected chi connectivity index (χ1v) is 10.1. The van der Waals surface area contributed by atoms with E-state index in [1.54, 1.807) is 12.4 Å². The molecule has 1 amide bonds. The van der Waals surface area contributed by atoms with Gasteiger partial charge in [0, 0.05) is 61.2 Å². The van der Waals surface area contributed by atoms with Gasteiger partial charge >= 0.3 is 11.7 Å². The third kappa shape index (κ3) is 4.97. The Bertz CT molecular complexity index is 1060. The molecule has 30 heavy (non-hydrogen) atoms. The summed E-state index contributed by atoms with van der Waals surface area (Å²) in [4.78, 5) is 30.5. The van der Waals surface area contributed by atoms with Crippen LogP contribution in [0, 0.1) is 6.92 Å². The number of benzene rings is 1. The van der Waals surface area contributed by atoms with Crippen molar-refractivity contribution >= 4 is 22.7 Å². The minimum Gasteiger partial charge on any atom is -0.449 e. The number of pyridine rings is 1. The Morgan fingerprint density at radius 2 is 1.90 bits per heavy atom. The van der Waals surface area contributed by atoms with Gasteiger partial charge in [-0.3, -0.25) is 4.98 Å². The lowest BCUT2D eigenvalue weighted by Gasteiger charge is -2.21. The smallest absolute Gasteiger partial charge is 0.407 e. The SMILES string of the molecule is CCN(CC)c1ccc2c(C)c(CCOC(=O)NCc3ccncc3)c(=O)oc2c1. The standard InChI is InChI=1S/C23H27N3O4/c1-4-26(5-2)18-6-7-19-16(3)20(22(27)30-21(19)14-18)10-13-29-23(28)25-15-17-8-11-24-12-9-17/h6-9,11-12,14H,4-5,10,13,15H2,1-3H3,(H,25,28). The first-order chi connectivity index (χ1) is 14.5. The Hall–Kier alpha value is -3.35. The molecule has 0 radical (unpaired) electrons. The molecule has 0 fully saturated rings. The molecule has 0 aliphatic heterocycles. The number of carbonyl (C=O) groups excluding carboxylic acids is 1. The van der Waals surface area contributed by atoms with Gasteiger partial charge in [-0.25, -0.2) is 9.59 Å². The molecule has 0 aliphatic rings. The maximum Gasteiger partial charge on any atom is 0.407 e. The number of aromatic nitrogens is 1. The molecular formula is C23H27N3O4. The predicted molar refractivity (Wildman–Crippen MR) is 117 cm³/mol. The molecule has 0 bridgehead atoms. The molecule has 0 spiro atoms. The van der Waals surface area contributed by atoms with Crippen molar-refractivity contribution in [3.8, 4) is 0 Å². The van der Waals surface area contributed by atoms with Gasteiger partial charge < -0.3 is 19.4 Å². The van der Waals surface area contributed by atoms with Gasteiger partial charge in [0.1, 0.15) is 5.58 Å². The molecule has 0 saturated carbocycles. The summed E-state index contributed by atoms with van der Waals surface area (Å²) in [6.07, 6.45) is 3.09. The number of carbonyl (C=O) groups is 1. The first-order valence-electron chi connectivity index (χ1n) is 10.1. The van der Waals surface area contributed by atoms with Crippen LogP contribution in [0.1, 0.15) is 30.5 Å². The minimum absolute atomic E-state index is 0.0941. The van der Waals surface area contributed by atoms with Crippen LogP contribution in [0.2, 0.25) is 0 Å². The highest BCUT2D eigenvalue weighted by Crippen LogP contribution is 2.25. The van der Waals surface area contributed by atoms with Crippen molar-refractivity contribution in [2.45, 2.75) is 33.7 Å². The fourth-order valence-corrected chi connectivity index (χ4v) is 3.43.